The van der Waals surface area contributed by atoms with Crippen LogP contribution >= 0.6 is 34.8 Å². The number of carbonyl (C=O) groups is 2. The van der Waals surface area contributed by atoms with Crippen LogP contribution in [0, 0.1) is 0 Å². The number of aliphatic hydroxyl groups is 1. The number of hydrogen-bond donors (Lipinski definition) is 4. The molecule has 0 saturated heterocycles. The predicted molar refractivity (Wildman–Crippen MR) is 126 cm³/mol. The van der Waals surface area contributed by atoms with Crippen LogP contribution in [0.3, 0.4) is 0 Å². The Morgan fingerprint density at radius 2 is 1.86 bits per heavy atom. The van der Waals surface area contributed by atoms with E-state index in [0.717, 1.165) is 18.0 Å². The predicted octanol–water partition coefficient (Wildman–Crippen LogP) is 2.38. The number of nitrogens with zero attached hydrogens (tertiary/aromatic N) is 4. The Morgan fingerprint density at radius 3 is 2.44 bits per heavy atom. The number of aliphatic carboxylic acids is 2. The summed E-state index contributed by atoms with van der Waals surface area (Å²) in [5.41, 5.74) is 2.96. The number of aliphatic hydroxyl groups excluding tert-OH is 1. The van der Waals surface area contributed by atoms with Crippen molar-refractivity contribution in [3.05, 3.63) is 45.4 Å². The summed E-state index contributed by atoms with van der Waals surface area (Å²) < 4.78 is 26.5. The van der Waals surface area contributed by atoms with Crippen molar-refractivity contribution in [3.63, 3.8) is 0 Å². The number of halogens is 4. The number of methoxy groups -OCH3 is 1. The second-order valence-corrected chi connectivity index (χ2v) is 8.67. The summed E-state index contributed by atoms with van der Waals surface area (Å²) in [7, 11) is 1.09. The average molecular weight is 567 g/mol. The average Bonchev–Trinajstić information content (AvgIpc) is 3.24. The van der Waals surface area contributed by atoms with Gasteiger partial charge in [-0.25, -0.2) is 19.0 Å². The van der Waals surface area contributed by atoms with Crippen LogP contribution < -0.4 is 5.73 Å². The lowest BCUT2D eigenvalue weighted by Gasteiger charge is -2.30. The van der Waals surface area contributed by atoms with E-state index < -0.39 is 49.1 Å². The van der Waals surface area contributed by atoms with Crippen LogP contribution in [0.1, 0.15) is 11.9 Å². The summed E-state index contributed by atoms with van der Waals surface area (Å²) in [6, 6.07) is 4.03. The molecule has 0 fully saturated rings. The first-order valence-corrected chi connectivity index (χ1v) is 11.1. The molecule has 0 bridgehead atoms. The first-order valence-electron chi connectivity index (χ1n) is 9.96. The molecule has 0 radical (unpaired) electrons. The number of fused-ring (bicyclic) bond motifs is 1. The lowest BCUT2D eigenvalue weighted by atomic mass is 9.94. The van der Waals surface area contributed by atoms with E-state index in [4.69, 9.17) is 50.0 Å². The number of nitrogens with two attached hydrogens (primary N) is 1. The van der Waals surface area contributed by atoms with Gasteiger partial charge >= 0.3 is 11.9 Å². The number of alkyl halides is 1. The molecule has 2 heterocycles. The smallest absolute Gasteiger partial charge is 0.348 e. The number of rotatable bonds is 11. The first-order chi connectivity index (χ1) is 16.9. The van der Waals surface area contributed by atoms with Crippen LogP contribution in [0.2, 0.25) is 15.3 Å². The third-order valence-corrected chi connectivity index (χ3v) is 6.18. The fraction of sp³-hybridized carbons (Fsp3) is 0.350. The van der Waals surface area contributed by atoms with Crippen molar-refractivity contribution in [2.45, 2.75) is 30.5 Å². The van der Waals surface area contributed by atoms with Crippen molar-refractivity contribution in [1.82, 2.24) is 19.5 Å². The van der Waals surface area contributed by atoms with Gasteiger partial charge in [0, 0.05) is 13.5 Å². The maximum atomic E-state index is 15.3. The summed E-state index contributed by atoms with van der Waals surface area (Å²) in [4.78, 5) is 35.5. The Bertz CT molecular complexity index is 1280. The molecule has 16 heteroatoms. The number of carboxylic acid groups (broad SMARTS) is 2. The number of anilines is 1. The molecule has 3 atom stereocenters. The lowest BCUT2D eigenvalue weighted by molar-refractivity contribution is -0.192. The largest absolute Gasteiger partial charge is 0.479 e. The van der Waals surface area contributed by atoms with Crippen molar-refractivity contribution in [2.75, 3.05) is 19.5 Å². The van der Waals surface area contributed by atoms with Crippen LogP contribution in [-0.2, 0) is 25.5 Å². The minimum absolute atomic E-state index is 0.0249. The van der Waals surface area contributed by atoms with Gasteiger partial charge < -0.3 is 30.5 Å². The fourth-order valence-electron chi connectivity index (χ4n) is 3.32. The number of ether oxygens (including phenoxy) is 2. The van der Waals surface area contributed by atoms with E-state index in [9.17, 15) is 24.9 Å². The molecular weight excluding hydrogens is 548 g/mol. The third-order valence-electron chi connectivity index (χ3n) is 5.27. The summed E-state index contributed by atoms with van der Waals surface area (Å²) in [6.45, 7) is -0.831. The van der Waals surface area contributed by atoms with Gasteiger partial charge in [0.15, 0.2) is 11.5 Å². The van der Waals surface area contributed by atoms with Crippen LogP contribution in [0.15, 0.2) is 24.5 Å². The van der Waals surface area contributed by atoms with Gasteiger partial charge in [-0.1, -0.05) is 29.3 Å². The van der Waals surface area contributed by atoms with Gasteiger partial charge in [-0.05, 0) is 29.3 Å². The molecule has 194 valence electrons. The van der Waals surface area contributed by atoms with Crippen LogP contribution in [-0.4, -0.2) is 78.3 Å². The Labute approximate surface area is 217 Å². The zero-order chi connectivity index (χ0) is 26.8. The highest BCUT2D eigenvalue weighted by Gasteiger charge is 2.49. The third kappa shape index (κ3) is 5.45. The van der Waals surface area contributed by atoms with E-state index in [1.807, 2.05) is 0 Å². The molecule has 0 spiro atoms. The molecule has 0 aliphatic carbocycles. The summed E-state index contributed by atoms with van der Waals surface area (Å²) in [5.74, 6) is -3.80. The standard InChI is InChI=1S/C20H19Cl3FN5O7/c1-35-11(13(30)14(24)29-7-26-12-15(25)27-19(23)28-16(12)29)6-36-20(17(31)32,18(33)34)5-8-2-3-9(21)10(22)4-8/h2-4,7,11,13-14,30H,5-6H2,1H3,(H,31,32)(H,33,34)(H2,25,27,28)/t11-,13-,14-/m1/s1. The molecule has 0 amide bonds. The van der Waals surface area contributed by atoms with Crippen molar-refractivity contribution in [1.29, 1.82) is 0 Å². The van der Waals surface area contributed by atoms with Gasteiger partial charge in [0.05, 0.1) is 23.0 Å². The van der Waals surface area contributed by atoms with Crippen molar-refractivity contribution in [2.24, 2.45) is 0 Å². The van der Waals surface area contributed by atoms with Gasteiger partial charge in [0.25, 0.3) is 5.60 Å². The molecule has 36 heavy (non-hydrogen) atoms. The number of aromatic nitrogens is 4. The highest BCUT2D eigenvalue weighted by molar-refractivity contribution is 6.42. The molecule has 0 aliphatic rings. The molecule has 12 nitrogen and oxygen atoms in total. The molecule has 5 N–H and O–H groups in total. The summed E-state index contributed by atoms with van der Waals surface area (Å²) >= 11 is 17.6. The first kappa shape index (κ1) is 27.8. The number of carboxylic acids is 2. The quantitative estimate of drug-likeness (QED) is 0.197. The van der Waals surface area contributed by atoms with Crippen molar-refractivity contribution in [3.8, 4) is 0 Å². The Kier molecular flexibility index (Phi) is 8.54. The molecule has 1 aromatic carbocycles. The highest BCUT2D eigenvalue weighted by Crippen LogP contribution is 2.29. The Hall–Kier alpha value is -2.81. The number of nitrogen functional groups attached to an aromatic ring is 1. The number of imidazole rings is 1. The SMILES string of the molecule is CO[C@H](COC(Cc1ccc(Cl)c(Cl)c1)(C(=O)O)C(=O)O)[C@@H](O)[C@H](F)n1cnc2c(N)nc(Cl)nc21. The highest BCUT2D eigenvalue weighted by atomic mass is 35.5. The van der Waals surface area contributed by atoms with Gasteiger partial charge in [0.1, 0.15) is 17.7 Å². The zero-order valence-electron chi connectivity index (χ0n) is 18.3. The van der Waals surface area contributed by atoms with E-state index >= 15 is 4.39 Å². The van der Waals surface area contributed by atoms with E-state index in [1.165, 1.54) is 18.2 Å². The van der Waals surface area contributed by atoms with Crippen molar-refractivity contribution >= 4 is 63.7 Å². The van der Waals surface area contributed by atoms with E-state index in [-0.39, 0.29) is 37.9 Å². The van der Waals surface area contributed by atoms with Gasteiger partial charge in [-0.15, -0.1) is 0 Å². The monoisotopic (exact) mass is 565 g/mol. The molecule has 0 unspecified atom stereocenters. The normalized spacial score (nSPS) is 14.5. The van der Waals surface area contributed by atoms with E-state index in [0.29, 0.717) is 0 Å². The number of benzene rings is 1. The lowest BCUT2D eigenvalue weighted by Crippen LogP contribution is -2.53. The molecule has 2 aromatic heterocycles. The minimum atomic E-state index is -2.82. The van der Waals surface area contributed by atoms with E-state index in [2.05, 4.69) is 15.0 Å². The fourth-order valence-corrected chi connectivity index (χ4v) is 3.81. The molecule has 0 aliphatic heterocycles. The Morgan fingerprint density at radius 1 is 1.19 bits per heavy atom. The maximum Gasteiger partial charge on any atom is 0.348 e. The van der Waals surface area contributed by atoms with Crippen LogP contribution in [0.4, 0.5) is 10.2 Å². The topological polar surface area (TPSA) is 183 Å². The van der Waals surface area contributed by atoms with Gasteiger partial charge in [-0.3, -0.25) is 4.57 Å². The van der Waals surface area contributed by atoms with Gasteiger partial charge in [0.2, 0.25) is 11.6 Å². The number of hydrogen-bond acceptors (Lipinski definition) is 9. The second kappa shape index (κ2) is 11.1. The Balaban J connectivity index is 1.85. The second-order valence-electron chi connectivity index (χ2n) is 7.51. The van der Waals surface area contributed by atoms with Gasteiger partial charge in [-0.2, -0.15) is 9.97 Å². The zero-order valence-corrected chi connectivity index (χ0v) is 20.6. The summed E-state index contributed by atoms with van der Waals surface area (Å²) in [5, 5.41) is 30.1. The maximum absolute atomic E-state index is 15.3. The summed E-state index contributed by atoms with van der Waals surface area (Å²) in [6.07, 6.45) is -5.45. The molecular formula is C20H19Cl3FN5O7. The van der Waals surface area contributed by atoms with E-state index in [1.54, 1.807) is 0 Å². The molecule has 0 saturated carbocycles. The molecule has 3 rings (SSSR count). The minimum Gasteiger partial charge on any atom is -0.479 e. The van der Waals surface area contributed by atoms with Crippen LogP contribution in [0.5, 0.6) is 0 Å². The van der Waals surface area contributed by atoms with Crippen LogP contribution in [0.25, 0.3) is 11.2 Å². The molecule has 3 aromatic rings. The van der Waals surface area contributed by atoms with Crippen molar-refractivity contribution < 1.29 is 38.8 Å².